The van der Waals surface area contributed by atoms with Gasteiger partial charge in [0.1, 0.15) is 5.75 Å². The van der Waals surface area contributed by atoms with E-state index in [2.05, 4.69) is 12.2 Å². The maximum absolute atomic E-state index is 11.8. The Balaban J connectivity index is 2.40. The van der Waals surface area contributed by atoms with Crippen molar-refractivity contribution in [3.63, 3.8) is 0 Å². The van der Waals surface area contributed by atoms with Crippen molar-refractivity contribution >= 4 is 10.8 Å². The van der Waals surface area contributed by atoms with E-state index in [1.165, 1.54) is 0 Å². The summed E-state index contributed by atoms with van der Waals surface area (Å²) < 4.78 is 16.9. The van der Waals surface area contributed by atoms with Crippen LogP contribution in [0.2, 0.25) is 0 Å². The topological polar surface area (TPSA) is 38.3 Å². The molecule has 1 atom stereocenters. The Kier molecular flexibility index (Phi) is 6.11. The highest BCUT2D eigenvalue weighted by molar-refractivity contribution is 7.85. The van der Waals surface area contributed by atoms with Gasteiger partial charge >= 0.3 is 0 Å². The molecule has 1 aromatic carbocycles. The number of benzene rings is 1. The molecule has 0 bridgehead atoms. The Bertz CT molecular complexity index is 324. The summed E-state index contributed by atoms with van der Waals surface area (Å²) in [5.74, 6) is 1.51. The van der Waals surface area contributed by atoms with Gasteiger partial charge < -0.3 is 10.1 Å². The van der Waals surface area contributed by atoms with Crippen LogP contribution >= 0.6 is 0 Å². The number of nitrogens with one attached hydrogen (secondary N) is 1. The summed E-state index contributed by atoms with van der Waals surface area (Å²) >= 11 is 0. The zero-order chi connectivity index (χ0) is 11.8. The van der Waals surface area contributed by atoms with Gasteiger partial charge in [-0.25, -0.2) is 0 Å². The standard InChI is InChI=1S/C12H19NO2S/c1-3-13-9-4-10-16(14)12-7-5-11(15-2)6-8-12/h5-8,13H,3-4,9-10H2,1-2H3. The second kappa shape index (κ2) is 7.41. The largest absolute Gasteiger partial charge is 0.497 e. The zero-order valence-corrected chi connectivity index (χ0v) is 10.7. The quantitative estimate of drug-likeness (QED) is 0.740. The SMILES string of the molecule is CCNCCCS(=O)c1ccc(OC)cc1. The minimum Gasteiger partial charge on any atom is -0.497 e. The molecule has 1 aromatic rings. The van der Waals surface area contributed by atoms with Crippen molar-refractivity contribution in [2.45, 2.75) is 18.2 Å². The molecule has 0 aliphatic carbocycles. The molecule has 1 rings (SSSR count). The lowest BCUT2D eigenvalue weighted by Crippen LogP contribution is -2.16. The molecular formula is C12H19NO2S. The van der Waals surface area contributed by atoms with Crippen LogP contribution in [0, 0.1) is 0 Å². The van der Waals surface area contributed by atoms with Gasteiger partial charge in [0, 0.05) is 10.6 Å². The molecule has 0 aromatic heterocycles. The van der Waals surface area contributed by atoms with Crippen LogP contribution in [-0.4, -0.2) is 30.2 Å². The molecule has 0 fully saturated rings. The summed E-state index contributed by atoms with van der Waals surface area (Å²) in [6.07, 6.45) is 0.937. The maximum Gasteiger partial charge on any atom is 0.118 e. The number of rotatable bonds is 7. The molecular weight excluding hydrogens is 222 g/mol. The minimum atomic E-state index is -0.893. The van der Waals surface area contributed by atoms with Gasteiger partial charge in [0.15, 0.2) is 0 Å². The van der Waals surface area contributed by atoms with Gasteiger partial charge in [-0.2, -0.15) is 0 Å². The lowest BCUT2D eigenvalue weighted by atomic mass is 10.3. The summed E-state index contributed by atoms with van der Waals surface area (Å²) in [5.41, 5.74) is 0. The van der Waals surface area contributed by atoms with Gasteiger partial charge in [-0.1, -0.05) is 6.92 Å². The number of hydrogen-bond acceptors (Lipinski definition) is 3. The van der Waals surface area contributed by atoms with Crippen LogP contribution < -0.4 is 10.1 Å². The predicted molar refractivity (Wildman–Crippen MR) is 67.4 cm³/mol. The maximum atomic E-state index is 11.8. The molecule has 1 N–H and O–H groups in total. The first kappa shape index (κ1) is 13.2. The normalized spacial score (nSPS) is 12.4. The minimum absolute atomic E-state index is 0.708. The fraction of sp³-hybridized carbons (Fsp3) is 0.500. The van der Waals surface area contributed by atoms with E-state index in [0.717, 1.165) is 30.2 Å². The van der Waals surface area contributed by atoms with Crippen molar-refractivity contribution in [1.82, 2.24) is 5.32 Å². The average molecular weight is 241 g/mol. The Labute approximate surface area is 99.7 Å². The van der Waals surface area contributed by atoms with Gasteiger partial charge in [0.2, 0.25) is 0 Å². The van der Waals surface area contributed by atoms with Crippen LogP contribution in [0.4, 0.5) is 0 Å². The van der Waals surface area contributed by atoms with E-state index in [4.69, 9.17) is 4.74 Å². The van der Waals surface area contributed by atoms with Crippen LogP contribution in [0.3, 0.4) is 0 Å². The smallest absolute Gasteiger partial charge is 0.118 e. The Morgan fingerprint density at radius 2 is 2.00 bits per heavy atom. The van der Waals surface area contributed by atoms with E-state index >= 15 is 0 Å². The molecule has 0 spiro atoms. The van der Waals surface area contributed by atoms with Gasteiger partial charge in [0.25, 0.3) is 0 Å². The van der Waals surface area contributed by atoms with Crippen molar-refractivity contribution in [1.29, 1.82) is 0 Å². The molecule has 0 saturated heterocycles. The highest BCUT2D eigenvalue weighted by Gasteiger charge is 2.03. The summed E-state index contributed by atoms with van der Waals surface area (Å²) in [7, 11) is 0.735. The lowest BCUT2D eigenvalue weighted by molar-refractivity contribution is 0.414. The number of methoxy groups -OCH3 is 1. The van der Waals surface area contributed by atoms with E-state index < -0.39 is 10.8 Å². The zero-order valence-electron chi connectivity index (χ0n) is 9.86. The first-order chi connectivity index (χ1) is 7.77. The van der Waals surface area contributed by atoms with Gasteiger partial charge in [-0.05, 0) is 43.8 Å². The molecule has 3 nitrogen and oxygen atoms in total. The van der Waals surface area contributed by atoms with Crippen molar-refractivity contribution in [2.24, 2.45) is 0 Å². The number of ether oxygens (including phenoxy) is 1. The van der Waals surface area contributed by atoms with E-state index in [1.54, 1.807) is 7.11 Å². The molecule has 0 heterocycles. The summed E-state index contributed by atoms with van der Waals surface area (Å²) in [6, 6.07) is 7.42. The van der Waals surface area contributed by atoms with Gasteiger partial charge in [0.05, 0.1) is 17.9 Å². The third-order valence-corrected chi connectivity index (χ3v) is 3.71. The highest BCUT2D eigenvalue weighted by Crippen LogP contribution is 2.14. The van der Waals surface area contributed by atoms with Crippen molar-refractivity contribution in [3.05, 3.63) is 24.3 Å². The lowest BCUT2D eigenvalue weighted by Gasteiger charge is -2.04. The molecule has 0 amide bonds. The van der Waals surface area contributed by atoms with E-state index in [0.29, 0.717) is 5.75 Å². The van der Waals surface area contributed by atoms with E-state index in [9.17, 15) is 4.21 Å². The monoisotopic (exact) mass is 241 g/mol. The third kappa shape index (κ3) is 4.33. The van der Waals surface area contributed by atoms with E-state index in [1.807, 2.05) is 24.3 Å². The van der Waals surface area contributed by atoms with Crippen LogP contribution in [0.25, 0.3) is 0 Å². The second-order valence-electron chi connectivity index (χ2n) is 3.43. The first-order valence-electron chi connectivity index (χ1n) is 5.51. The molecule has 0 aliphatic heterocycles. The number of hydrogen-bond donors (Lipinski definition) is 1. The van der Waals surface area contributed by atoms with E-state index in [-0.39, 0.29) is 0 Å². The van der Waals surface area contributed by atoms with Crippen molar-refractivity contribution < 1.29 is 8.95 Å². The Hall–Kier alpha value is -0.870. The molecule has 1 unspecified atom stereocenters. The average Bonchev–Trinajstić information content (AvgIpc) is 2.34. The van der Waals surface area contributed by atoms with Crippen LogP contribution in [0.1, 0.15) is 13.3 Å². The van der Waals surface area contributed by atoms with Gasteiger partial charge in [-0.15, -0.1) is 0 Å². The van der Waals surface area contributed by atoms with Crippen molar-refractivity contribution in [2.75, 3.05) is 26.0 Å². The Morgan fingerprint density at radius 3 is 2.56 bits per heavy atom. The van der Waals surface area contributed by atoms with Crippen LogP contribution in [0.15, 0.2) is 29.2 Å². The van der Waals surface area contributed by atoms with Crippen LogP contribution in [-0.2, 0) is 10.8 Å². The predicted octanol–water partition coefficient (Wildman–Crippen LogP) is 1.80. The molecule has 0 saturated carbocycles. The molecule has 0 aliphatic rings. The van der Waals surface area contributed by atoms with Gasteiger partial charge in [-0.3, -0.25) is 4.21 Å². The molecule has 90 valence electrons. The highest BCUT2D eigenvalue weighted by atomic mass is 32.2. The summed E-state index contributed by atoms with van der Waals surface area (Å²) in [5, 5.41) is 3.22. The third-order valence-electron chi connectivity index (χ3n) is 2.26. The second-order valence-corrected chi connectivity index (χ2v) is 5.00. The molecule has 4 heteroatoms. The Morgan fingerprint density at radius 1 is 1.31 bits per heavy atom. The van der Waals surface area contributed by atoms with Crippen molar-refractivity contribution in [3.8, 4) is 5.75 Å². The summed E-state index contributed by atoms with van der Waals surface area (Å²) in [6.45, 7) is 3.97. The fourth-order valence-electron chi connectivity index (χ4n) is 1.35. The molecule has 0 radical (unpaired) electrons. The first-order valence-corrected chi connectivity index (χ1v) is 6.83. The molecule has 16 heavy (non-hydrogen) atoms. The summed E-state index contributed by atoms with van der Waals surface area (Å²) in [4.78, 5) is 0.872. The fourth-order valence-corrected chi connectivity index (χ4v) is 2.43. The van der Waals surface area contributed by atoms with Crippen LogP contribution in [0.5, 0.6) is 5.75 Å².